The number of nitrogen functional groups attached to an aromatic ring is 1. The summed E-state index contributed by atoms with van der Waals surface area (Å²) in [6, 6.07) is -0.528. The van der Waals surface area contributed by atoms with Crippen molar-refractivity contribution in [1.82, 2.24) is 19.5 Å². The fourth-order valence-corrected chi connectivity index (χ4v) is 7.32. The average Bonchev–Trinajstić information content (AvgIpc) is 2.97. The molecule has 4 rings (SSSR count). The number of ether oxygens (including phenoxy) is 1. The smallest absolute Gasteiger partial charge is 0.391 e. The van der Waals surface area contributed by atoms with Gasteiger partial charge in [-0.1, -0.05) is 0 Å². The first-order chi connectivity index (χ1) is 14.2. The molecular weight excluding hydrogens is 483 g/mol. The maximum atomic E-state index is 12.1. The van der Waals surface area contributed by atoms with Crippen LogP contribution in [0, 0.1) is 5.92 Å². The second-order valence-electron chi connectivity index (χ2n) is 7.25. The number of hydrogen-bond donors (Lipinski definition) is 6. The molecule has 2 fully saturated rings. The zero-order valence-corrected chi connectivity index (χ0v) is 18.1. The van der Waals surface area contributed by atoms with Crippen molar-refractivity contribution in [2.24, 2.45) is 5.92 Å². The van der Waals surface area contributed by atoms with Crippen LogP contribution in [-0.2, 0) is 27.1 Å². The van der Waals surface area contributed by atoms with Crippen molar-refractivity contribution in [2.75, 3.05) is 12.1 Å². The van der Waals surface area contributed by atoms with Crippen molar-refractivity contribution in [3.05, 3.63) is 12.7 Å². The lowest BCUT2D eigenvalue weighted by molar-refractivity contribution is 0.0294. The monoisotopic (exact) mass is 501 g/mol. The predicted octanol–water partition coefficient (Wildman–Crippen LogP) is -0.141. The molecule has 0 aliphatic heterocycles. The molecule has 2 saturated carbocycles. The van der Waals surface area contributed by atoms with E-state index in [1.54, 1.807) is 4.57 Å². The van der Waals surface area contributed by atoms with E-state index in [1.165, 1.54) is 12.7 Å². The summed E-state index contributed by atoms with van der Waals surface area (Å²) >= 11 is 0. The van der Waals surface area contributed by atoms with Gasteiger partial charge in [0, 0.05) is 12.3 Å². The molecule has 0 amide bonds. The van der Waals surface area contributed by atoms with Gasteiger partial charge in [-0.3, -0.25) is 4.57 Å². The largest absolute Gasteiger partial charge is 0.488 e. The van der Waals surface area contributed by atoms with Crippen molar-refractivity contribution in [1.29, 1.82) is 0 Å². The quantitative estimate of drug-likeness (QED) is 0.257. The Bertz CT molecular complexity index is 1170. The van der Waals surface area contributed by atoms with Gasteiger partial charge in [0.2, 0.25) is 0 Å². The second kappa shape index (κ2) is 7.37. The topological polar surface area (TPSA) is 250 Å². The number of aliphatic hydroxyl groups is 1. The zero-order valence-electron chi connectivity index (χ0n) is 15.4. The fourth-order valence-electron chi connectivity index (χ4n) is 3.96. The van der Waals surface area contributed by atoms with Crippen LogP contribution in [0.1, 0.15) is 18.9 Å². The van der Waals surface area contributed by atoms with Gasteiger partial charge >= 0.3 is 23.2 Å². The lowest BCUT2D eigenvalue weighted by Crippen LogP contribution is -2.22. The standard InChI is InChI=1S/C12H18N5O11P3/c13-10-8-11(15-3-14-10)17(4-16-8)9-6-1-12(6,2-7(9)18)26-5-29(19,20)27-31(24,25)28-30(21,22)23/h3-4,6-7,9,18H,1-2,5H2,(H,19,20)(H,24,25)(H2,13,14,15)(H2,21,22,23)/t6-,7+,9-,12-/m1/s1. The van der Waals surface area contributed by atoms with E-state index in [2.05, 4.69) is 23.6 Å². The molecule has 0 aromatic carbocycles. The molecule has 2 aromatic heterocycles. The molecule has 172 valence electrons. The van der Waals surface area contributed by atoms with Crippen LogP contribution in [0.5, 0.6) is 0 Å². The van der Waals surface area contributed by atoms with E-state index in [0.29, 0.717) is 17.6 Å². The molecule has 0 bridgehead atoms. The predicted molar refractivity (Wildman–Crippen MR) is 100 cm³/mol. The van der Waals surface area contributed by atoms with E-state index < -0.39 is 47.3 Å². The molecular formula is C12H18N5O11P3. The van der Waals surface area contributed by atoms with Gasteiger partial charge in [0.1, 0.15) is 18.2 Å². The van der Waals surface area contributed by atoms with Crippen LogP contribution in [0.3, 0.4) is 0 Å². The van der Waals surface area contributed by atoms with E-state index in [9.17, 15) is 28.6 Å². The Labute approximate surface area is 173 Å². The molecule has 2 aliphatic carbocycles. The Kier molecular flexibility index (Phi) is 5.44. The molecule has 16 nitrogen and oxygen atoms in total. The highest BCUT2D eigenvalue weighted by Crippen LogP contribution is 2.68. The molecule has 0 spiro atoms. The summed E-state index contributed by atoms with van der Waals surface area (Å²) in [5.41, 5.74) is 5.51. The van der Waals surface area contributed by atoms with Crippen molar-refractivity contribution in [3.63, 3.8) is 0 Å². The minimum absolute atomic E-state index is 0.0817. The number of rotatable bonds is 8. The summed E-state index contributed by atoms with van der Waals surface area (Å²) in [6.07, 6.45) is 1.17. The second-order valence-corrected chi connectivity index (χ2v) is 12.0. The number of hydrogen-bond acceptors (Lipinski definition) is 11. The van der Waals surface area contributed by atoms with Crippen molar-refractivity contribution in [3.8, 4) is 0 Å². The van der Waals surface area contributed by atoms with Crippen molar-refractivity contribution >= 4 is 40.2 Å². The third-order valence-corrected chi connectivity index (χ3v) is 9.08. The first kappa shape index (κ1) is 22.9. The van der Waals surface area contributed by atoms with E-state index in [-0.39, 0.29) is 18.2 Å². The van der Waals surface area contributed by atoms with Crippen LogP contribution in [0.15, 0.2) is 12.7 Å². The van der Waals surface area contributed by atoms with E-state index in [1.807, 2.05) is 0 Å². The molecule has 7 N–H and O–H groups in total. The number of aromatic nitrogens is 4. The summed E-state index contributed by atoms with van der Waals surface area (Å²) in [4.78, 5) is 48.3. The van der Waals surface area contributed by atoms with Crippen LogP contribution < -0.4 is 5.73 Å². The van der Waals surface area contributed by atoms with Gasteiger partial charge in [-0.2, -0.15) is 4.31 Å². The highest BCUT2D eigenvalue weighted by molar-refractivity contribution is 7.68. The first-order valence-corrected chi connectivity index (χ1v) is 13.4. The highest BCUT2D eigenvalue weighted by atomic mass is 31.3. The molecule has 2 aliphatic rings. The third-order valence-electron chi connectivity index (χ3n) is 5.11. The van der Waals surface area contributed by atoms with Crippen LogP contribution >= 0.6 is 23.2 Å². The van der Waals surface area contributed by atoms with Gasteiger partial charge in [-0.25, -0.2) is 28.4 Å². The normalized spacial score (nSPS) is 31.8. The Morgan fingerprint density at radius 3 is 2.52 bits per heavy atom. The van der Waals surface area contributed by atoms with Crippen LogP contribution in [-0.4, -0.2) is 62.3 Å². The molecule has 2 heterocycles. The number of nitrogens with two attached hydrogens (primary N) is 1. The molecule has 31 heavy (non-hydrogen) atoms. The number of anilines is 1. The van der Waals surface area contributed by atoms with Crippen molar-refractivity contribution in [2.45, 2.75) is 30.6 Å². The maximum Gasteiger partial charge on any atom is 0.488 e. The Morgan fingerprint density at radius 2 is 1.84 bits per heavy atom. The van der Waals surface area contributed by atoms with Crippen LogP contribution in [0.25, 0.3) is 11.2 Å². The Morgan fingerprint density at radius 1 is 1.13 bits per heavy atom. The summed E-state index contributed by atoms with van der Waals surface area (Å²) in [7, 11) is -16.0. The van der Waals surface area contributed by atoms with Gasteiger partial charge in [0.25, 0.3) is 0 Å². The lowest BCUT2D eigenvalue weighted by Gasteiger charge is -2.20. The maximum absolute atomic E-state index is 12.1. The molecule has 6 atom stereocenters. The van der Waals surface area contributed by atoms with Gasteiger partial charge in [0.15, 0.2) is 11.5 Å². The summed E-state index contributed by atoms with van der Waals surface area (Å²) < 4.78 is 48.8. The van der Waals surface area contributed by atoms with Crippen LogP contribution in [0.4, 0.5) is 5.82 Å². The summed E-state index contributed by atoms with van der Waals surface area (Å²) in [5, 5.41) is 10.5. The van der Waals surface area contributed by atoms with E-state index >= 15 is 0 Å². The van der Waals surface area contributed by atoms with E-state index in [0.717, 1.165) is 0 Å². The first-order valence-electron chi connectivity index (χ1n) is 8.60. The molecule has 0 saturated heterocycles. The fraction of sp³-hybridized carbons (Fsp3) is 0.583. The molecule has 2 aromatic rings. The SMILES string of the molecule is Nc1ncnc2c1ncn2[C@@H]1[C@H]2C[C@@]2(OCP(=O)(O)OP(=O)(O)OP(=O)(O)O)C[C@@H]1O. The summed E-state index contributed by atoms with van der Waals surface area (Å²) in [6.45, 7) is 0. The molecule has 19 heteroatoms. The number of nitrogens with zero attached hydrogens (tertiary/aromatic N) is 4. The summed E-state index contributed by atoms with van der Waals surface area (Å²) in [5.74, 6) is -0.137. The van der Waals surface area contributed by atoms with Crippen LogP contribution in [0.2, 0.25) is 0 Å². The van der Waals surface area contributed by atoms with Gasteiger partial charge in [-0.15, -0.1) is 0 Å². The highest BCUT2D eigenvalue weighted by Gasteiger charge is 2.68. The molecule has 0 radical (unpaired) electrons. The number of aliphatic hydroxyl groups excluding tert-OH is 1. The number of phosphoric acid groups is 2. The Balaban J connectivity index is 1.46. The minimum Gasteiger partial charge on any atom is -0.391 e. The molecule has 2 unspecified atom stereocenters. The minimum atomic E-state index is -5.55. The van der Waals surface area contributed by atoms with E-state index in [4.69, 9.17) is 20.3 Å². The van der Waals surface area contributed by atoms with Gasteiger partial charge < -0.3 is 39.7 Å². The van der Waals surface area contributed by atoms with Gasteiger partial charge in [0.05, 0.1) is 24.1 Å². The lowest BCUT2D eigenvalue weighted by atomic mass is 10.1. The Hall–Kier alpha value is -1.28. The van der Waals surface area contributed by atoms with Gasteiger partial charge in [-0.05, 0) is 6.42 Å². The third kappa shape index (κ3) is 4.61. The zero-order chi connectivity index (χ0) is 22.8. The number of fused-ring (bicyclic) bond motifs is 2. The number of imidazole rings is 1. The van der Waals surface area contributed by atoms with Crippen molar-refractivity contribution < 1.29 is 51.7 Å². The average molecular weight is 501 g/mol.